The van der Waals surface area contributed by atoms with Crippen LogP contribution in [-0.4, -0.2) is 11.9 Å². The smallest absolute Gasteiger partial charge is 0.0501 e. The second-order valence-electron chi connectivity index (χ2n) is 4.10. The van der Waals surface area contributed by atoms with Gasteiger partial charge in [-0.05, 0) is 6.42 Å². The zero-order chi connectivity index (χ0) is 12.4. The van der Waals surface area contributed by atoms with Crippen LogP contribution in [0.3, 0.4) is 0 Å². The van der Waals surface area contributed by atoms with Crippen molar-refractivity contribution in [2.45, 2.75) is 58.3 Å². The van der Waals surface area contributed by atoms with Crippen LogP contribution in [0.2, 0.25) is 0 Å². The molecule has 0 aliphatic carbocycles. The highest BCUT2D eigenvalue weighted by molar-refractivity contribution is 5.90. The minimum atomic E-state index is -1.54. The monoisotopic (exact) mass is 228 g/mol. The third-order valence-corrected chi connectivity index (χ3v) is 2.67. The molecule has 94 valence electrons. The molecule has 0 aromatic rings. The third kappa shape index (κ3) is 7.26. The number of carboxylic acids is 2. The zero-order valence-corrected chi connectivity index (χ0v) is 9.87. The van der Waals surface area contributed by atoms with Crippen LogP contribution in [0.15, 0.2) is 0 Å². The molecule has 0 heterocycles. The van der Waals surface area contributed by atoms with E-state index in [0.29, 0.717) is 6.42 Å². The van der Waals surface area contributed by atoms with Crippen molar-refractivity contribution in [1.29, 1.82) is 0 Å². The van der Waals surface area contributed by atoms with E-state index in [0.717, 1.165) is 19.3 Å². The molecule has 4 nitrogen and oxygen atoms in total. The van der Waals surface area contributed by atoms with Crippen LogP contribution in [0.5, 0.6) is 0 Å². The normalized spacial score (nSPS) is 10.6. The van der Waals surface area contributed by atoms with Gasteiger partial charge < -0.3 is 19.8 Å². The van der Waals surface area contributed by atoms with Crippen molar-refractivity contribution in [3.05, 3.63) is 0 Å². The van der Waals surface area contributed by atoms with Crippen LogP contribution < -0.4 is 10.2 Å². The maximum absolute atomic E-state index is 10.4. The van der Waals surface area contributed by atoms with Crippen LogP contribution in [0.1, 0.15) is 58.3 Å². The number of unbranched alkanes of at least 4 members (excludes halogenated alkanes) is 6. The Morgan fingerprint density at radius 3 is 1.75 bits per heavy atom. The summed E-state index contributed by atoms with van der Waals surface area (Å²) in [5.41, 5.74) is 0. The Balaban J connectivity index is 3.48. The van der Waals surface area contributed by atoms with E-state index < -0.39 is 17.9 Å². The van der Waals surface area contributed by atoms with Crippen molar-refractivity contribution in [2.24, 2.45) is 5.92 Å². The Morgan fingerprint density at radius 2 is 1.31 bits per heavy atom. The fourth-order valence-corrected chi connectivity index (χ4v) is 1.64. The molecule has 0 bridgehead atoms. The lowest BCUT2D eigenvalue weighted by atomic mass is 10.0. The Morgan fingerprint density at radius 1 is 0.875 bits per heavy atom. The molecule has 0 saturated heterocycles. The summed E-state index contributed by atoms with van der Waals surface area (Å²) >= 11 is 0. The van der Waals surface area contributed by atoms with Crippen molar-refractivity contribution in [1.82, 2.24) is 0 Å². The molecule has 0 aromatic carbocycles. The average Bonchev–Trinajstić information content (AvgIpc) is 2.21. The van der Waals surface area contributed by atoms with E-state index in [2.05, 4.69) is 6.92 Å². The SMILES string of the molecule is CCCCCCCCCC(C(=O)[O-])C(=O)[O-]. The summed E-state index contributed by atoms with van der Waals surface area (Å²) in [5, 5.41) is 20.8. The lowest BCUT2D eigenvalue weighted by molar-refractivity contribution is -0.332. The van der Waals surface area contributed by atoms with E-state index in [-0.39, 0.29) is 6.42 Å². The van der Waals surface area contributed by atoms with Crippen molar-refractivity contribution in [2.75, 3.05) is 0 Å². The standard InChI is InChI=1S/C12H22O4/c1-2-3-4-5-6-7-8-9-10(11(13)14)12(15)16/h10H,2-9H2,1H3,(H,13,14)(H,15,16)/p-2. The summed E-state index contributed by atoms with van der Waals surface area (Å²) in [7, 11) is 0. The van der Waals surface area contributed by atoms with Gasteiger partial charge in [0, 0.05) is 5.92 Å². The highest BCUT2D eigenvalue weighted by Crippen LogP contribution is 2.12. The fraction of sp³-hybridized carbons (Fsp3) is 0.833. The zero-order valence-electron chi connectivity index (χ0n) is 9.87. The van der Waals surface area contributed by atoms with Crippen LogP contribution in [0, 0.1) is 5.92 Å². The lowest BCUT2D eigenvalue weighted by Gasteiger charge is -2.18. The Hall–Kier alpha value is -1.06. The highest BCUT2D eigenvalue weighted by Gasteiger charge is 2.10. The number of carbonyl (C=O) groups is 2. The van der Waals surface area contributed by atoms with Gasteiger partial charge in [-0.2, -0.15) is 0 Å². The fourth-order valence-electron chi connectivity index (χ4n) is 1.64. The molecule has 0 radical (unpaired) electrons. The first kappa shape index (κ1) is 14.9. The molecule has 0 spiro atoms. The first-order chi connectivity index (χ1) is 7.59. The van der Waals surface area contributed by atoms with Crippen LogP contribution in [-0.2, 0) is 9.59 Å². The number of rotatable bonds is 10. The molecule has 0 fully saturated rings. The summed E-state index contributed by atoms with van der Waals surface area (Å²) in [6.45, 7) is 2.14. The second kappa shape index (κ2) is 9.19. The molecule has 0 aliphatic heterocycles. The van der Waals surface area contributed by atoms with Gasteiger partial charge in [0.15, 0.2) is 0 Å². The van der Waals surface area contributed by atoms with Gasteiger partial charge in [0.1, 0.15) is 0 Å². The van der Waals surface area contributed by atoms with E-state index in [1.807, 2.05) is 0 Å². The molecule has 16 heavy (non-hydrogen) atoms. The highest BCUT2D eigenvalue weighted by atomic mass is 16.4. The molecule has 0 atom stereocenters. The third-order valence-electron chi connectivity index (χ3n) is 2.67. The summed E-state index contributed by atoms with van der Waals surface area (Å²) in [4.78, 5) is 20.8. The van der Waals surface area contributed by atoms with Crippen LogP contribution >= 0.6 is 0 Å². The van der Waals surface area contributed by atoms with E-state index >= 15 is 0 Å². The molecule has 0 amide bonds. The number of hydrogen-bond acceptors (Lipinski definition) is 4. The van der Waals surface area contributed by atoms with Crippen molar-refractivity contribution < 1.29 is 19.8 Å². The molecule has 0 N–H and O–H groups in total. The first-order valence-electron chi connectivity index (χ1n) is 6.01. The van der Waals surface area contributed by atoms with Gasteiger partial charge in [0.05, 0.1) is 11.9 Å². The number of aliphatic carboxylic acids is 2. The van der Waals surface area contributed by atoms with E-state index in [1.165, 1.54) is 19.3 Å². The molecule has 0 unspecified atom stereocenters. The van der Waals surface area contributed by atoms with Crippen LogP contribution in [0.4, 0.5) is 0 Å². The topological polar surface area (TPSA) is 80.3 Å². The van der Waals surface area contributed by atoms with E-state index in [9.17, 15) is 19.8 Å². The molecule has 0 saturated carbocycles. The minimum absolute atomic E-state index is 0.123. The molecular formula is C12H20O4-2. The minimum Gasteiger partial charge on any atom is -0.549 e. The Bertz CT molecular complexity index is 199. The van der Waals surface area contributed by atoms with Gasteiger partial charge in [0.25, 0.3) is 0 Å². The molecular weight excluding hydrogens is 208 g/mol. The number of carboxylic acid groups (broad SMARTS) is 2. The maximum atomic E-state index is 10.4. The summed E-state index contributed by atoms with van der Waals surface area (Å²) in [5.74, 6) is -4.52. The molecule has 4 heteroatoms. The predicted octanol–water partition coefficient (Wildman–Crippen LogP) is 0.243. The van der Waals surface area contributed by atoms with E-state index in [1.54, 1.807) is 0 Å². The van der Waals surface area contributed by atoms with Crippen molar-refractivity contribution >= 4 is 11.9 Å². The van der Waals surface area contributed by atoms with Crippen molar-refractivity contribution in [3.63, 3.8) is 0 Å². The molecule has 0 rings (SSSR count). The first-order valence-corrected chi connectivity index (χ1v) is 6.01. The number of carbonyl (C=O) groups excluding carboxylic acids is 2. The van der Waals surface area contributed by atoms with Crippen molar-refractivity contribution in [3.8, 4) is 0 Å². The summed E-state index contributed by atoms with van der Waals surface area (Å²) in [6.07, 6.45) is 7.39. The molecule has 0 aromatic heterocycles. The van der Waals surface area contributed by atoms with Gasteiger partial charge in [-0.1, -0.05) is 51.9 Å². The predicted molar refractivity (Wildman–Crippen MR) is 56.1 cm³/mol. The Kier molecular flexibility index (Phi) is 8.58. The van der Waals surface area contributed by atoms with E-state index in [4.69, 9.17) is 0 Å². The van der Waals surface area contributed by atoms with Gasteiger partial charge in [-0.25, -0.2) is 0 Å². The molecule has 0 aliphatic rings. The lowest BCUT2D eigenvalue weighted by Crippen LogP contribution is -2.43. The average molecular weight is 228 g/mol. The van der Waals surface area contributed by atoms with Gasteiger partial charge in [0.2, 0.25) is 0 Å². The summed E-state index contributed by atoms with van der Waals surface area (Å²) < 4.78 is 0. The van der Waals surface area contributed by atoms with Gasteiger partial charge in [-0.15, -0.1) is 0 Å². The summed E-state index contributed by atoms with van der Waals surface area (Å²) in [6, 6.07) is 0. The number of hydrogen-bond donors (Lipinski definition) is 0. The van der Waals surface area contributed by atoms with Gasteiger partial charge in [-0.3, -0.25) is 0 Å². The second-order valence-corrected chi connectivity index (χ2v) is 4.10. The van der Waals surface area contributed by atoms with Gasteiger partial charge >= 0.3 is 0 Å². The largest absolute Gasteiger partial charge is 0.549 e. The maximum Gasteiger partial charge on any atom is 0.0501 e. The quantitative estimate of drug-likeness (QED) is 0.396. The Labute approximate surface area is 96.7 Å². The van der Waals surface area contributed by atoms with Crippen LogP contribution in [0.25, 0.3) is 0 Å².